The van der Waals surface area contributed by atoms with Crippen molar-refractivity contribution < 1.29 is 32.2 Å². The number of rotatable bonds is 2. The zero-order valence-electron chi connectivity index (χ0n) is 12.6. The summed E-state index contributed by atoms with van der Waals surface area (Å²) in [6.45, 7) is 0.751. The Labute approximate surface area is 139 Å². The third-order valence-electron chi connectivity index (χ3n) is 3.29. The van der Waals surface area contributed by atoms with Crippen molar-refractivity contribution in [2.75, 3.05) is 23.8 Å². The van der Waals surface area contributed by atoms with E-state index in [4.69, 9.17) is 9.47 Å². The number of nitrogens with one attached hydrogen (secondary N) is 2. The molecule has 2 amide bonds. The first-order valence-corrected chi connectivity index (χ1v) is 7.11. The molecule has 0 fully saturated rings. The quantitative estimate of drug-likeness (QED) is 0.643. The molecule has 9 heteroatoms. The Morgan fingerprint density at radius 3 is 2.28 bits per heavy atom. The van der Waals surface area contributed by atoms with Crippen molar-refractivity contribution in [1.29, 1.82) is 0 Å². The molecule has 1 aliphatic rings. The van der Waals surface area contributed by atoms with Gasteiger partial charge in [-0.1, -0.05) is 0 Å². The van der Waals surface area contributed by atoms with E-state index in [2.05, 4.69) is 5.32 Å². The molecule has 1 heterocycles. The van der Waals surface area contributed by atoms with E-state index in [-0.39, 0.29) is 5.69 Å². The highest BCUT2D eigenvalue weighted by Gasteiger charge is 2.20. The lowest BCUT2D eigenvalue weighted by atomic mass is 10.2. The number of benzene rings is 2. The van der Waals surface area contributed by atoms with Crippen molar-refractivity contribution in [3.8, 4) is 11.5 Å². The number of carbonyl (C=O) groups is 2. The predicted octanol–water partition coefficient (Wildman–Crippen LogP) is 2.45. The second-order valence-electron chi connectivity index (χ2n) is 4.99. The molecule has 130 valence electrons. The second kappa shape index (κ2) is 6.71. The van der Waals surface area contributed by atoms with Gasteiger partial charge in [-0.2, -0.15) is 0 Å². The maximum absolute atomic E-state index is 13.5. The zero-order valence-corrected chi connectivity index (χ0v) is 12.6. The minimum Gasteiger partial charge on any atom is -0.486 e. The summed E-state index contributed by atoms with van der Waals surface area (Å²) in [7, 11) is 0. The average molecular weight is 352 g/mol. The second-order valence-corrected chi connectivity index (χ2v) is 4.99. The van der Waals surface area contributed by atoms with Gasteiger partial charge >= 0.3 is 11.8 Å². The Kier molecular flexibility index (Phi) is 4.46. The van der Waals surface area contributed by atoms with Crippen molar-refractivity contribution in [2.45, 2.75) is 0 Å². The van der Waals surface area contributed by atoms with E-state index in [1.807, 2.05) is 5.32 Å². The molecular formula is C16H11F3N2O4. The molecule has 0 radical (unpaired) electrons. The summed E-state index contributed by atoms with van der Waals surface area (Å²) >= 11 is 0. The minimum absolute atomic E-state index is 0.246. The van der Waals surface area contributed by atoms with E-state index in [1.165, 1.54) is 12.1 Å². The van der Waals surface area contributed by atoms with Crippen molar-refractivity contribution in [3.63, 3.8) is 0 Å². The van der Waals surface area contributed by atoms with Crippen LogP contribution in [0.2, 0.25) is 0 Å². The Balaban J connectivity index is 1.69. The lowest BCUT2D eigenvalue weighted by Crippen LogP contribution is -2.29. The SMILES string of the molecule is O=C(Nc1ccc2c(c1)OCCO2)C(=O)Nc1ccc(F)c(F)c1F. The monoisotopic (exact) mass is 352 g/mol. The Morgan fingerprint density at radius 1 is 0.840 bits per heavy atom. The Morgan fingerprint density at radius 2 is 1.52 bits per heavy atom. The van der Waals surface area contributed by atoms with E-state index in [9.17, 15) is 22.8 Å². The van der Waals surface area contributed by atoms with Gasteiger partial charge in [-0.05, 0) is 24.3 Å². The van der Waals surface area contributed by atoms with Gasteiger partial charge in [0.15, 0.2) is 29.0 Å². The van der Waals surface area contributed by atoms with Crippen LogP contribution in [0.15, 0.2) is 30.3 Å². The van der Waals surface area contributed by atoms with Crippen LogP contribution in [0.25, 0.3) is 0 Å². The molecule has 0 atom stereocenters. The summed E-state index contributed by atoms with van der Waals surface area (Å²) in [6, 6.07) is 5.93. The van der Waals surface area contributed by atoms with Crippen LogP contribution in [-0.4, -0.2) is 25.0 Å². The summed E-state index contributed by atoms with van der Waals surface area (Å²) in [5.41, 5.74) is -0.406. The van der Waals surface area contributed by atoms with Crippen LogP contribution >= 0.6 is 0 Å². The molecule has 25 heavy (non-hydrogen) atoms. The number of hydrogen-bond acceptors (Lipinski definition) is 4. The van der Waals surface area contributed by atoms with Gasteiger partial charge in [0.2, 0.25) is 0 Å². The molecule has 2 N–H and O–H groups in total. The van der Waals surface area contributed by atoms with Gasteiger partial charge in [0.25, 0.3) is 0 Å². The fourth-order valence-corrected chi connectivity index (χ4v) is 2.11. The van der Waals surface area contributed by atoms with Crippen LogP contribution in [0.1, 0.15) is 0 Å². The first kappa shape index (κ1) is 16.6. The lowest BCUT2D eigenvalue weighted by Gasteiger charge is -2.18. The maximum Gasteiger partial charge on any atom is 0.314 e. The molecule has 1 aliphatic heterocycles. The van der Waals surface area contributed by atoms with Crippen LogP contribution in [0.3, 0.4) is 0 Å². The van der Waals surface area contributed by atoms with Crippen molar-refractivity contribution in [3.05, 3.63) is 47.8 Å². The molecular weight excluding hydrogens is 341 g/mol. The zero-order chi connectivity index (χ0) is 18.0. The first-order chi connectivity index (χ1) is 12.0. The van der Waals surface area contributed by atoms with E-state index in [0.29, 0.717) is 30.8 Å². The van der Waals surface area contributed by atoms with Gasteiger partial charge in [-0.15, -0.1) is 0 Å². The van der Waals surface area contributed by atoms with Crippen LogP contribution < -0.4 is 20.1 Å². The molecule has 0 aromatic heterocycles. The summed E-state index contributed by atoms with van der Waals surface area (Å²) in [4.78, 5) is 23.7. The summed E-state index contributed by atoms with van der Waals surface area (Å²) < 4.78 is 50.1. The lowest BCUT2D eigenvalue weighted by molar-refractivity contribution is -0.133. The summed E-state index contributed by atoms with van der Waals surface area (Å²) in [5, 5.41) is 4.15. The van der Waals surface area contributed by atoms with Gasteiger partial charge in [-0.3, -0.25) is 9.59 Å². The molecule has 0 spiro atoms. The highest BCUT2D eigenvalue weighted by Crippen LogP contribution is 2.32. The van der Waals surface area contributed by atoms with Gasteiger partial charge in [0, 0.05) is 11.8 Å². The van der Waals surface area contributed by atoms with E-state index in [1.54, 1.807) is 6.07 Å². The number of amides is 2. The predicted molar refractivity (Wildman–Crippen MR) is 81.0 cm³/mol. The molecule has 6 nitrogen and oxygen atoms in total. The third kappa shape index (κ3) is 3.49. The Hall–Kier alpha value is -3.23. The highest BCUT2D eigenvalue weighted by atomic mass is 19.2. The van der Waals surface area contributed by atoms with E-state index in [0.717, 1.165) is 6.07 Å². The summed E-state index contributed by atoms with van der Waals surface area (Å²) in [6.07, 6.45) is 0. The molecule has 2 aromatic carbocycles. The van der Waals surface area contributed by atoms with Crippen LogP contribution in [-0.2, 0) is 9.59 Å². The number of carbonyl (C=O) groups excluding carboxylic acids is 2. The normalized spacial score (nSPS) is 12.4. The van der Waals surface area contributed by atoms with E-state index < -0.39 is 35.0 Å². The average Bonchev–Trinajstić information content (AvgIpc) is 2.62. The standard InChI is InChI=1S/C16H11F3N2O4/c17-9-2-3-10(14(19)13(9)18)21-16(23)15(22)20-8-1-4-11-12(7-8)25-6-5-24-11/h1-4,7H,5-6H2,(H,20,22)(H,21,23). The molecule has 0 aliphatic carbocycles. The number of fused-ring (bicyclic) bond motifs is 1. The molecule has 0 bridgehead atoms. The minimum atomic E-state index is -1.75. The molecule has 0 saturated heterocycles. The number of anilines is 2. The number of ether oxygens (including phenoxy) is 2. The molecule has 3 rings (SSSR count). The number of halogens is 3. The van der Waals surface area contributed by atoms with Crippen LogP contribution in [0, 0.1) is 17.5 Å². The molecule has 0 unspecified atom stereocenters. The highest BCUT2D eigenvalue weighted by molar-refractivity contribution is 6.43. The van der Waals surface area contributed by atoms with Gasteiger partial charge < -0.3 is 20.1 Å². The molecule has 2 aromatic rings. The number of hydrogen-bond donors (Lipinski definition) is 2. The Bertz CT molecular complexity index is 858. The van der Waals surface area contributed by atoms with Crippen LogP contribution in [0.5, 0.6) is 11.5 Å². The van der Waals surface area contributed by atoms with Crippen molar-refractivity contribution in [2.24, 2.45) is 0 Å². The largest absolute Gasteiger partial charge is 0.486 e. The van der Waals surface area contributed by atoms with Gasteiger partial charge in [-0.25, -0.2) is 13.2 Å². The summed E-state index contributed by atoms with van der Waals surface area (Å²) in [5.74, 6) is -6.23. The van der Waals surface area contributed by atoms with Gasteiger partial charge in [0.1, 0.15) is 13.2 Å². The van der Waals surface area contributed by atoms with Crippen molar-refractivity contribution in [1.82, 2.24) is 0 Å². The van der Waals surface area contributed by atoms with Crippen molar-refractivity contribution >= 4 is 23.2 Å². The third-order valence-corrected chi connectivity index (χ3v) is 3.29. The smallest absolute Gasteiger partial charge is 0.314 e. The topological polar surface area (TPSA) is 76.7 Å². The van der Waals surface area contributed by atoms with Crippen LogP contribution in [0.4, 0.5) is 24.5 Å². The fourth-order valence-electron chi connectivity index (χ4n) is 2.11. The first-order valence-electron chi connectivity index (χ1n) is 7.11. The maximum atomic E-state index is 13.5. The van der Waals surface area contributed by atoms with E-state index >= 15 is 0 Å². The van der Waals surface area contributed by atoms with Gasteiger partial charge in [0.05, 0.1) is 5.69 Å². The molecule has 0 saturated carbocycles. The fraction of sp³-hybridized carbons (Fsp3) is 0.125.